The summed E-state index contributed by atoms with van der Waals surface area (Å²) >= 11 is 0. The van der Waals surface area contributed by atoms with Crippen LogP contribution in [0.2, 0.25) is 0 Å². The summed E-state index contributed by atoms with van der Waals surface area (Å²) in [6.07, 6.45) is 0. The highest BCUT2D eigenvalue weighted by Crippen LogP contribution is 2.51. The van der Waals surface area contributed by atoms with E-state index in [2.05, 4.69) is 450 Å². The highest BCUT2D eigenvalue weighted by atomic mass is 16.3. The van der Waals surface area contributed by atoms with Crippen molar-refractivity contribution in [1.82, 2.24) is 9.13 Å². The van der Waals surface area contributed by atoms with E-state index < -0.39 is 0 Å². The van der Waals surface area contributed by atoms with Gasteiger partial charge in [0.1, 0.15) is 22.3 Å². The van der Waals surface area contributed by atoms with Crippen LogP contribution in [-0.4, -0.2) is 9.13 Å². The van der Waals surface area contributed by atoms with Crippen molar-refractivity contribution in [1.29, 1.82) is 0 Å². The molecule has 0 atom stereocenters. The molecule has 23 aromatic rings. The molecule has 0 spiro atoms. The first-order chi connectivity index (χ1) is 58.5. The van der Waals surface area contributed by atoms with E-state index in [0.29, 0.717) is 0 Å². The smallest absolute Gasteiger partial charge is 0.143 e. The standard InChI is InChI=1S/C112H72N4O2/c1-2-29-75-69-81(61-60-73(75)28-1)85-36-3-13-50-100(85)114(102-52-15-5-38-89(102)91-40-7-17-54-104(91)116-107-57-20-10-43-94(107)95-44-11-21-58-108(95)116)84-35-25-33-80(71-84)87-47-27-49-98-99-72-78(64-67-110(99)118-112(87)98)77-31-23-30-76(68-77)74-62-65-82(66-63-74)113(83-34-24-32-79(70-83)86-46-26-48-97-96-45-12-22-59-109(96)117-111(86)97)101-51-14-4-37-88(101)90-39-6-16-53-103(90)115-105-55-18-8-41-92(105)93-42-9-19-56-106(93)115/h1-72H. The molecule has 23 rings (SSSR count). The summed E-state index contributed by atoms with van der Waals surface area (Å²) in [5.74, 6) is 0. The van der Waals surface area contributed by atoms with Crippen LogP contribution in [0.15, 0.2) is 446 Å². The Bertz CT molecular complexity index is 7820. The van der Waals surface area contributed by atoms with Gasteiger partial charge >= 0.3 is 0 Å². The largest absolute Gasteiger partial charge is 0.455 e. The summed E-state index contributed by atoms with van der Waals surface area (Å²) in [5, 5.41) is 11.6. The van der Waals surface area contributed by atoms with Crippen molar-refractivity contribution < 1.29 is 8.83 Å². The fourth-order valence-corrected chi connectivity index (χ4v) is 18.5. The van der Waals surface area contributed by atoms with Gasteiger partial charge in [-0.05, 0) is 171 Å². The van der Waals surface area contributed by atoms with Gasteiger partial charge in [0.2, 0.25) is 0 Å². The van der Waals surface area contributed by atoms with Gasteiger partial charge in [0.05, 0.1) is 50.5 Å². The van der Waals surface area contributed by atoms with Crippen LogP contribution in [0.3, 0.4) is 0 Å². The lowest BCUT2D eigenvalue weighted by molar-refractivity contribution is 0.669. The third-order valence-electron chi connectivity index (χ3n) is 23.9. The molecule has 0 saturated heterocycles. The van der Waals surface area contributed by atoms with Gasteiger partial charge in [-0.2, -0.15) is 0 Å². The predicted octanol–water partition coefficient (Wildman–Crippen LogP) is 31.4. The van der Waals surface area contributed by atoms with E-state index >= 15 is 0 Å². The van der Waals surface area contributed by atoms with Gasteiger partial charge in [0, 0.05) is 99.1 Å². The molecular weight excluding hydrogens is 1430 g/mol. The van der Waals surface area contributed by atoms with Gasteiger partial charge in [-0.15, -0.1) is 0 Å². The zero-order valence-electron chi connectivity index (χ0n) is 64.2. The first kappa shape index (κ1) is 67.9. The highest BCUT2D eigenvalue weighted by Gasteiger charge is 2.27. The van der Waals surface area contributed by atoms with Crippen molar-refractivity contribution in [3.05, 3.63) is 437 Å². The van der Waals surface area contributed by atoms with Gasteiger partial charge in [0.15, 0.2) is 0 Å². The van der Waals surface area contributed by atoms with E-state index in [1.54, 1.807) is 0 Å². The van der Waals surface area contributed by atoms with E-state index in [1.165, 1.54) is 32.3 Å². The number of furan rings is 2. The van der Waals surface area contributed by atoms with Crippen molar-refractivity contribution in [2.24, 2.45) is 0 Å². The molecular formula is C112H72N4O2. The van der Waals surface area contributed by atoms with Crippen LogP contribution in [0.1, 0.15) is 0 Å². The van der Waals surface area contributed by atoms with Crippen LogP contribution in [0.25, 0.3) is 188 Å². The number of hydrogen-bond donors (Lipinski definition) is 0. The highest BCUT2D eigenvalue weighted by molar-refractivity contribution is 6.15. The van der Waals surface area contributed by atoms with E-state index in [9.17, 15) is 0 Å². The van der Waals surface area contributed by atoms with Gasteiger partial charge in [-0.3, -0.25) is 0 Å². The van der Waals surface area contributed by atoms with Crippen molar-refractivity contribution in [2.75, 3.05) is 9.80 Å². The Balaban J connectivity index is 0.614. The molecule has 118 heavy (non-hydrogen) atoms. The van der Waals surface area contributed by atoms with E-state index in [1.807, 2.05) is 6.07 Å². The average molecular weight is 1510 g/mol. The van der Waals surface area contributed by atoms with Gasteiger partial charge in [-0.25, -0.2) is 0 Å². The monoisotopic (exact) mass is 1500 g/mol. The molecule has 0 N–H and O–H groups in total. The van der Waals surface area contributed by atoms with Crippen LogP contribution in [0, 0.1) is 0 Å². The number of fused-ring (bicyclic) bond motifs is 13. The van der Waals surface area contributed by atoms with Gasteiger partial charge < -0.3 is 27.8 Å². The Morgan fingerprint density at radius 1 is 0.178 bits per heavy atom. The van der Waals surface area contributed by atoms with Gasteiger partial charge in [-0.1, -0.05) is 315 Å². The molecule has 0 saturated carbocycles. The molecule has 6 nitrogen and oxygen atoms in total. The zero-order chi connectivity index (χ0) is 77.7. The molecule has 19 aromatic carbocycles. The molecule has 4 aromatic heterocycles. The van der Waals surface area contributed by atoms with Crippen molar-refractivity contribution >= 4 is 132 Å². The Hall–Kier alpha value is -15.8. The normalized spacial score (nSPS) is 11.7. The second kappa shape index (κ2) is 28.1. The molecule has 552 valence electrons. The maximum atomic E-state index is 7.10. The molecule has 0 bridgehead atoms. The summed E-state index contributed by atoms with van der Waals surface area (Å²) in [5.41, 5.74) is 31.7. The Kier molecular flexibility index (Phi) is 16.2. The molecule has 0 fully saturated rings. The molecule has 6 heteroatoms. The molecule has 0 aliphatic heterocycles. The molecule has 0 radical (unpaired) electrons. The van der Waals surface area contributed by atoms with E-state index in [0.717, 1.165) is 189 Å². The van der Waals surface area contributed by atoms with Crippen molar-refractivity contribution in [3.8, 4) is 89.3 Å². The Morgan fingerprint density at radius 2 is 0.542 bits per heavy atom. The second-order valence-electron chi connectivity index (χ2n) is 30.6. The zero-order valence-corrected chi connectivity index (χ0v) is 64.2. The lowest BCUT2D eigenvalue weighted by atomic mass is 9.96. The molecule has 0 aliphatic rings. The number of benzene rings is 19. The number of aromatic nitrogens is 2. The van der Waals surface area contributed by atoms with Crippen LogP contribution < -0.4 is 9.80 Å². The number of rotatable bonds is 15. The second-order valence-corrected chi connectivity index (χ2v) is 30.6. The number of hydrogen-bond acceptors (Lipinski definition) is 4. The van der Waals surface area contributed by atoms with Crippen LogP contribution >= 0.6 is 0 Å². The van der Waals surface area contributed by atoms with Crippen LogP contribution in [0.5, 0.6) is 0 Å². The predicted molar refractivity (Wildman–Crippen MR) is 495 cm³/mol. The molecule has 0 aliphatic carbocycles. The quantitative estimate of drug-likeness (QED) is 0.103. The minimum atomic E-state index is 0.828. The third-order valence-corrected chi connectivity index (χ3v) is 23.9. The van der Waals surface area contributed by atoms with Gasteiger partial charge in [0.25, 0.3) is 0 Å². The lowest BCUT2D eigenvalue weighted by Crippen LogP contribution is -2.13. The summed E-state index contributed by atoms with van der Waals surface area (Å²) in [7, 11) is 0. The maximum absolute atomic E-state index is 7.10. The Labute approximate surface area is 681 Å². The molecule has 0 amide bonds. The lowest BCUT2D eigenvalue weighted by Gasteiger charge is -2.30. The molecule has 0 unspecified atom stereocenters. The fourth-order valence-electron chi connectivity index (χ4n) is 18.5. The molecule has 4 heterocycles. The first-order valence-electron chi connectivity index (χ1n) is 40.4. The average Bonchev–Trinajstić information content (AvgIpc) is 1.48. The van der Waals surface area contributed by atoms with Crippen molar-refractivity contribution in [2.45, 2.75) is 0 Å². The van der Waals surface area contributed by atoms with E-state index in [4.69, 9.17) is 8.83 Å². The first-order valence-corrected chi connectivity index (χ1v) is 40.4. The fraction of sp³-hybridized carbons (Fsp3) is 0. The minimum absolute atomic E-state index is 0.828. The third kappa shape index (κ3) is 11.3. The topological polar surface area (TPSA) is 42.6 Å². The summed E-state index contributed by atoms with van der Waals surface area (Å²) < 4.78 is 18.7. The number of para-hydroxylation sites is 12. The summed E-state index contributed by atoms with van der Waals surface area (Å²) in [6.45, 7) is 0. The van der Waals surface area contributed by atoms with Crippen LogP contribution in [0.4, 0.5) is 34.1 Å². The Morgan fingerprint density at radius 3 is 1.12 bits per heavy atom. The summed E-state index contributed by atoms with van der Waals surface area (Å²) in [4.78, 5) is 4.89. The SMILES string of the molecule is c1cc(-c2ccc(N(c3cccc(-c4cccc5c4oc4ccccc45)c3)c3ccccc3-c3ccccc3-n3c4ccccc4c4ccccc43)cc2)cc(-c2ccc3oc4c(-c5cccc(N(c6ccccc6-c6ccc7ccccc7c6)c6ccccc6-c6ccccc6-n6c7ccccc7c7ccccc76)c5)cccc4c3c2)c1. The number of nitrogens with zero attached hydrogens (tertiary/aromatic N) is 4. The van der Waals surface area contributed by atoms with E-state index in [-0.39, 0.29) is 0 Å². The van der Waals surface area contributed by atoms with Crippen molar-refractivity contribution in [3.63, 3.8) is 0 Å². The maximum Gasteiger partial charge on any atom is 0.143 e. The minimum Gasteiger partial charge on any atom is -0.455 e. The summed E-state index contributed by atoms with van der Waals surface area (Å²) in [6, 6.07) is 159. The number of anilines is 6. The van der Waals surface area contributed by atoms with Crippen LogP contribution in [-0.2, 0) is 0 Å².